The summed E-state index contributed by atoms with van der Waals surface area (Å²) in [6.45, 7) is 6.50. The Labute approximate surface area is 113 Å². The van der Waals surface area contributed by atoms with Gasteiger partial charge in [-0.2, -0.15) is 4.31 Å². The van der Waals surface area contributed by atoms with Crippen LogP contribution >= 0.6 is 0 Å². The Morgan fingerprint density at radius 1 is 1.21 bits per heavy atom. The third kappa shape index (κ3) is 2.19. The molecule has 103 valence electrons. The lowest BCUT2D eigenvalue weighted by Gasteiger charge is -2.19. The standard InChI is InChI=1S/C13H16NO4S/c1-13(2)5-6-14(8-13)19(15,16)10-3-4-11-12(7-10)18-9-17-11/h3-4,6-7H,5,8-9H2,1-2H3. The average Bonchev–Trinajstić information content (AvgIpc) is 2.94. The highest BCUT2D eigenvalue weighted by Gasteiger charge is 2.37. The first-order valence-corrected chi connectivity index (χ1v) is 7.57. The molecule has 3 rings (SSSR count). The van der Waals surface area contributed by atoms with Crippen LogP contribution in [0.3, 0.4) is 0 Å². The van der Waals surface area contributed by atoms with Gasteiger partial charge in [-0.05, 0) is 24.0 Å². The normalized spacial score (nSPS) is 21.8. The Balaban J connectivity index is 1.93. The van der Waals surface area contributed by atoms with Gasteiger partial charge in [-0.25, -0.2) is 8.42 Å². The van der Waals surface area contributed by atoms with E-state index in [1.807, 2.05) is 0 Å². The second kappa shape index (κ2) is 4.11. The summed E-state index contributed by atoms with van der Waals surface area (Å²) < 4.78 is 36.9. The van der Waals surface area contributed by atoms with Gasteiger partial charge in [0.2, 0.25) is 16.8 Å². The van der Waals surface area contributed by atoms with Crippen molar-refractivity contribution in [3.05, 3.63) is 24.7 Å². The van der Waals surface area contributed by atoms with Gasteiger partial charge in [-0.1, -0.05) is 13.8 Å². The van der Waals surface area contributed by atoms with Crippen LogP contribution in [0.4, 0.5) is 0 Å². The Morgan fingerprint density at radius 3 is 2.63 bits per heavy atom. The van der Waals surface area contributed by atoms with Gasteiger partial charge in [0.05, 0.1) is 4.90 Å². The largest absolute Gasteiger partial charge is 0.454 e. The van der Waals surface area contributed by atoms with Gasteiger partial charge in [0.25, 0.3) is 0 Å². The van der Waals surface area contributed by atoms with E-state index in [0.29, 0.717) is 18.0 Å². The fourth-order valence-corrected chi connectivity index (χ4v) is 3.81. The monoisotopic (exact) mass is 282 g/mol. The zero-order chi connectivity index (χ0) is 13.7. The van der Waals surface area contributed by atoms with Gasteiger partial charge >= 0.3 is 0 Å². The van der Waals surface area contributed by atoms with Gasteiger partial charge in [-0.3, -0.25) is 0 Å². The molecular formula is C13H16NO4S. The molecule has 19 heavy (non-hydrogen) atoms. The number of hydrogen-bond acceptors (Lipinski definition) is 4. The number of benzene rings is 1. The van der Waals surface area contributed by atoms with Crippen LogP contribution in [0.1, 0.15) is 20.3 Å². The third-order valence-corrected chi connectivity index (χ3v) is 5.13. The van der Waals surface area contributed by atoms with Crippen LogP contribution in [0.5, 0.6) is 11.5 Å². The van der Waals surface area contributed by atoms with Crippen LogP contribution in [0, 0.1) is 12.0 Å². The van der Waals surface area contributed by atoms with Crippen LogP contribution in [-0.4, -0.2) is 26.1 Å². The Kier molecular flexibility index (Phi) is 2.76. The minimum atomic E-state index is -3.49. The molecule has 0 amide bonds. The fourth-order valence-electron chi connectivity index (χ4n) is 2.26. The number of nitrogens with zero attached hydrogens (tertiary/aromatic N) is 1. The first-order valence-electron chi connectivity index (χ1n) is 6.13. The molecule has 6 heteroatoms. The molecule has 1 fully saturated rings. The molecule has 0 unspecified atom stereocenters. The van der Waals surface area contributed by atoms with Crippen LogP contribution in [0.25, 0.3) is 0 Å². The summed E-state index contributed by atoms with van der Waals surface area (Å²) in [6.07, 6.45) is 0.761. The molecule has 0 N–H and O–H groups in total. The molecule has 0 spiro atoms. The summed E-state index contributed by atoms with van der Waals surface area (Å²) in [6, 6.07) is 4.72. The van der Waals surface area contributed by atoms with E-state index < -0.39 is 10.0 Å². The van der Waals surface area contributed by atoms with E-state index in [0.717, 1.165) is 6.42 Å². The van der Waals surface area contributed by atoms with Crippen LogP contribution in [0.2, 0.25) is 0 Å². The molecule has 0 saturated carbocycles. The molecule has 1 radical (unpaired) electrons. The van der Waals surface area contributed by atoms with E-state index in [-0.39, 0.29) is 17.1 Å². The number of hydrogen-bond donors (Lipinski definition) is 0. The molecular weight excluding hydrogens is 266 g/mol. The molecule has 0 bridgehead atoms. The predicted molar refractivity (Wildman–Crippen MR) is 69.2 cm³/mol. The summed E-state index contributed by atoms with van der Waals surface area (Å²) in [5.41, 5.74) is -0.0105. The summed E-state index contributed by atoms with van der Waals surface area (Å²) >= 11 is 0. The fraction of sp³-hybridized carbons (Fsp3) is 0.462. The highest BCUT2D eigenvalue weighted by atomic mass is 32.2. The zero-order valence-corrected chi connectivity index (χ0v) is 11.7. The van der Waals surface area contributed by atoms with Crippen LogP contribution < -0.4 is 9.47 Å². The summed E-state index contributed by atoms with van der Waals surface area (Å²) in [4.78, 5) is 0.241. The lowest BCUT2D eigenvalue weighted by Crippen LogP contribution is -2.28. The zero-order valence-electron chi connectivity index (χ0n) is 10.9. The van der Waals surface area contributed by atoms with Crippen LogP contribution in [-0.2, 0) is 10.0 Å². The van der Waals surface area contributed by atoms with Gasteiger partial charge in [0.15, 0.2) is 11.5 Å². The maximum Gasteiger partial charge on any atom is 0.243 e. The van der Waals surface area contributed by atoms with Crippen molar-refractivity contribution >= 4 is 10.0 Å². The van der Waals surface area contributed by atoms with E-state index in [1.165, 1.54) is 10.4 Å². The molecule has 0 aromatic heterocycles. The second-order valence-electron chi connectivity index (χ2n) is 5.62. The Bertz CT molecular complexity index is 609. The molecule has 2 aliphatic heterocycles. The third-order valence-electron chi connectivity index (χ3n) is 3.38. The Morgan fingerprint density at radius 2 is 1.95 bits per heavy atom. The minimum Gasteiger partial charge on any atom is -0.454 e. The van der Waals surface area contributed by atoms with Crippen molar-refractivity contribution in [1.82, 2.24) is 4.31 Å². The first kappa shape index (κ1) is 12.7. The van der Waals surface area contributed by atoms with Crippen molar-refractivity contribution in [3.8, 4) is 11.5 Å². The van der Waals surface area contributed by atoms with Gasteiger partial charge in [0, 0.05) is 19.2 Å². The number of ether oxygens (including phenoxy) is 2. The van der Waals surface area contributed by atoms with E-state index in [4.69, 9.17) is 9.47 Å². The van der Waals surface area contributed by atoms with Gasteiger partial charge < -0.3 is 9.47 Å². The second-order valence-corrected chi connectivity index (χ2v) is 7.51. The summed E-state index contributed by atoms with van der Waals surface area (Å²) in [7, 11) is -3.49. The summed E-state index contributed by atoms with van der Waals surface area (Å²) in [5, 5.41) is 0. The molecule has 1 aromatic carbocycles. The van der Waals surface area contributed by atoms with Crippen molar-refractivity contribution in [1.29, 1.82) is 0 Å². The van der Waals surface area contributed by atoms with E-state index in [1.54, 1.807) is 18.7 Å². The number of fused-ring (bicyclic) bond motifs is 1. The van der Waals surface area contributed by atoms with Crippen molar-refractivity contribution < 1.29 is 17.9 Å². The van der Waals surface area contributed by atoms with Crippen LogP contribution in [0.15, 0.2) is 23.1 Å². The van der Waals surface area contributed by atoms with E-state index in [9.17, 15) is 8.42 Å². The van der Waals surface area contributed by atoms with E-state index >= 15 is 0 Å². The molecule has 2 aliphatic rings. The van der Waals surface area contributed by atoms with Crippen molar-refractivity contribution in [2.75, 3.05) is 13.3 Å². The molecule has 2 heterocycles. The van der Waals surface area contributed by atoms with Crippen molar-refractivity contribution in [2.45, 2.75) is 25.2 Å². The highest BCUT2D eigenvalue weighted by Crippen LogP contribution is 2.38. The molecule has 0 atom stereocenters. The number of rotatable bonds is 2. The maximum atomic E-state index is 12.5. The topological polar surface area (TPSA) is 55.8 Å². The molecule has 0 aliphatic carbocycles. The Hall–Kier alpha value is -1.27. The SMILES string of the molecule is CC1(C)C[CH]N(S(=O)(=O)c2ccc3c(c2)OCO3)C1. The molecule has 1 saturated heterocycles. The lowest BCUT2D eigenvalue weighted by molar-refractivity contribution is 0.174. The van der Waals surface area contributed by atoms with Gasteiger partial charge in [-0.15, -0.1) is 0 Å². The molecule has 1 aromatic rings. The quantitative estimate of drug-likeness (QED) is 0.832. The van der Waals surface area contributed by atoms with Crippen molar-refractivity contribution in [3.63, 3.8) is 0 Å². The smallest absolute Gasteiger partial charge is 0.243 e. The lowest BCUT2D eigenvalue weighted by atomic mass is 9.93. The maximum absolute atomic E-state index is 12.5. The van der Waals surface area contributed by atoms with Gasteiger partial charge in [0.1, 0.15) is 0 Å². The first-order chi connectivity index (χ1) is 8.88. The predicted octanol–water partition coefficient (Wildman–Crippen LogP) is 2.00. The average molecular weight is 282 g/mol. The van der Waals surface area contributed by atoms with E-state index in [2.05, 4.69) is 13.8 Å². The summed E-state index contributed by atoms with van der Waals surface area (Å²) in [5.74, 6) is 1.07. The highest BCUT2D eigenvalue weighted by molar-refractivity contribution is 7.89. The minimum absolute atomic E-state index is 0.0105. The number of sulfonamides is 1. The van der Waals surface area contributed by atoms with Crippen molar-refractivity contribution in [2.24, 2.45) is 5.41 Å². The molecule has 5 nitrogen and oxygen atoms in total.